The third kappa shape index (κ3) is 4.17. The van der Waals surface area contributed by atoms with Gasteiger partial charge >= 0.3 is 5.97 Å². The van der Waals surface area contributed by atoms with E-state index in [0.29, 0.717) is 0 Å². The van der Waals surface area contributed by atoms with Gasteiger partial charge in [0.15, 0.2) is 0 Å². The molecule has 1 atom stereocenters. The number of rotatable bonds is 5. The van der Waals surface area contributed by atoms with E-state index in [4.69, 9.17) is 4.74 Å². The monoisotopic (exact) mass is 398 g/mol. The number of carbonyl (C=O) groups excluding carboxylic acids is 1. The molecule has 27 heavy (non-hydrogen) atoms. The van der Waals surface area contributed by atoms with Gasteiger partial charge in [-0.2, -0.15) is 0 Å². The highest BCUT2D eigenvalue weighted by molar-refractivity contribution is 8.00. The fourth-order valence-electron chi connectivity index (χ4n) is 3.43. The van der Waals surface area contributed by atoms with Crippen molar-refractivity contribution in [2.45, 2.75) is 55.4 Å². The zero-order chi connectivity index (χ0) is 18.6. The molecule has 0 spiro atoms. The number of thiophene rings is 1. The Hall–Kier alpha value is -1.92. The average Bonchev–Trinajstić information content (AvgIpc) is 3.14. The summed E-state index contributed by atoms with van der Waals surface area (Å²) in [5, 5.41) is 3.68. The molecule has 0 saturated heterocycles. The molecule has 2 aromatic heterocycles. The van der Waals surface area contributed by atoms with E-state index in [-0.39, 0.29) is 17.3 Å². The lowest BCUT2D eigenvalue weighted by Crippen LogP contribution is -2.26. The molecule has 1 aliphatic carbocycles. The minimum absolute atomic E-state index is 0.0840. The van der Waals surface area contributed by atoms with E-state index >= 15 is 0 Å². The molecule has 0 amide bonds. The number of thioether (sulfide) groups is 1. The quantitative estimate of drug-likeness (QED) is 0.313. The molecule has 4 nitrogen and oxygen atoms in total. The van der Waals surface area contributed by atoms with Crippen molar-refractivity contribution in [3.8, 4) is 11.1 Å². The molecule has 4 rings (SSSR count). The van der Waals surface area contributed by atoms with Crippen molar-refractivity contribution in [2.75, 3.05) is 0 Å². The van der Waals surface area contributed by atoms with E-state index in [2.05, 4.69) is 27.5 Å². The van der Waals surface area contributed by atoms with Crippen LogP contribution in [0, 0.1) is 0 Å². The van der Waals surface area contributed by atoms with Crippen molar-refractivity contribution in [3.63, 3.8) is 0 Å². The second-order valence-electron chi connectivity index (χ2n) is 6.83. The van der Waals surface area contributed by atoms with Crippen LogP contribution in [0.4, 0.5) is 0 Å². The number of hydrogen-bond acceptors (Lipinski definition) is 6. The van der Waals surface area contributed by atoms with Gasteiger partial charge in [-0.05, 0) is 38.2 Å². The zero-order valence-electron chi connectivity index (χ0n) is 15.3. The van der Waals surface area contributed by atoms with Crippen molar-refractivity contribution in [3.05, 3.63) is 42.0 Å². The van der Waals surface area contributed by atoms with Crippen LogP contribution < -0.4 is 0 Å². The molecule has 140 valence electrons. The summed E-state index contributed by atoms with van der Waals surface area (Å²) in [5.74, 6) is -0.143. The summed E-state index contributed by atoms with van der Waals surface area (Å²) in [4.78, 5) is 22.4. The molecule has 1 saturated carbocycles. The Morgan fingerprint density at radius 3 is 2.74 bits per heavy atom. The molecule has 1 unspecified atom stereocenters. The van der Waals surface area contributed by atoms with E-state index in [1.165, 1.54) is 18.2 Å². The predicted molar refractivity (Wildman–Crippen MR) is 111 cm³/mol. The largest absolute Gasteiger partial charge is 0.462 e. The van der Waals surface area contributed by atoms with Gasteiger partial charge in [0.2, 0.25) is 0 Å². The standard InChI is InChI=1S/C21H22N2O2S2/c1-14(21(24)25-16-10-6-3-7-11-16)27-20-18-17(15-8-4-2-5-9-15)12-26-19(18)22-13-23-20/h2,4-5,8-9,12-14,16H,3,6-7,10-11H2,1H3. The van der Waals surface area contributed by atoms with Crippen LogP contribution in [0.15, 0.2) is 47.1 Å². The van der Waals surface area contributed by atoms with Crippen LogP contribution in [0.25, 0.3) is 21.3 Å². The summed E-state index contributed by atoms with van der Waals surface area (Å²) in [5.41, 5.74) is 2.25. The Morgan fingerprint density at radius 1 is 1.19 bits per heavy atom. The lowest BCUT2D eigenvalue weighted by atomic mass is 9.98. The molecule has 1 fully saturated rings. The van der Waals surface area contributed by atoms with Crippen LogP contribution >= 0.6 is 23.1 Å². The van der Waals surface area contributed by atoms with Crippen molar-refractivity contribution >= 4 is 39.3 Å². The molecule has 6 heteroatoms. The van der Waals surface area contributed by atoms with Gasteiger partial charge in [0.05, 0.1) is 5.39 Å². The summed E-state index contributed by atoms with van der Waals surface area (Å²) in [6.07, 6.45) is 7.20. The highest BCUT2D eigenvalue weighted by Crippen LogP contribution is 2.39. The Labute approximate surface area is 167 Å². The Balaban J connectivity index is 1.56. The topological polar surface area (TPSA) is 52.1 Å². The van der Waals surface area contributed by atoms with Gasteiger partial charge in [0, 0.05) is 10.9 Å². The first-order chi connectivity index (χ1) is 13.2. The van der Waals surface area contributed by atoms with Gasteiger partial charge in [-0.15, -0.1) is 11.3 Å². The second kappa shape index (κ2) is 8.40. The van der Waals surface area contributed by atoms with Gasteiger partial charge in [0.25, 0.3) is 0 Å². The lowest BCUT2D eigenvalue weighted by Gasteiger charge is -2.23. The van der Waals surface area contributed by atoms with E-state index in [1.54, 1.807) is 17.7 Å². The van der Waals surface area contributed by atoms with E-state index in [0.717, 1.165) is 52.1 Å². The molecule has 1 aliphatic rings. The maximum atomic E-state index is 12.6. The first-order valence-corrected chi connectivity index (χ1v) is 11.1. The summed E-state index contributed by atoms with van der Waals surface area (Å²) >= 11 is 3.07. The zero-order valence-corrected chi connectivity index (χ0v) is 16.9. The Bertz CT molecular complexity index is 920. The third-order valence-electron chi connectivity index (χ3n) is 4.88. The number of ether oxygens (including phenoxy) is 1. The molecule has 0 N–H and O–H groups in total. The minimum atomic E-state index is -0.298. The number of esters is 1. The van der Waals surface area contributed by atoms with Gasteiger partial charge < -0.3 is 4.74 Å². The van der Waals surface area contributed by atoms with Crippen molar-refractivity contribution in [1.29, 1.82) is 0 Å². The predicted octanol–water partition coefficient (Wildman–Crippen LogP) is 5.71. The Kier molecular flexibility index (Phi) is 5.74. The number of aromatic nitrogens is 2. The number of benzene rings is 1. The molecule has 0 aliphatic heterocycles. The average molecular weight is 399 g/mol. The summed E-state index contributed by atoms with van der Waals surface area (Å²) in [6, 6.07) is 10.2. The first-order valence-electron chi connectivity index (χ1n) is 9.37. The molecule has 1 aromatic carbocycles. The molecule has 3 aromatic rings. The fourth-order valence-corrected chi connectivity index (χ4v) is 5.33. The summed E-state index contributed by atoms with van der Waals surface area (Å²) < 4.78 is 5.73. The van der Waals surface area contributed by atoms with Crippen LogP contribution in [0.3, 0.4) is 0 Å². The molecule has 0 radical (unpaired) electrons. The van der Waals surface area contributed by atoms with Crippen molar-refractivity contribution in [2.24, 2.45) is 0 Å². The molecule has 2 heterocycles. The number of carbonyl (C=O) groups is 1. The third-order valence-corrected chi connectivity index (χ3v) is 6.84. The SMILES string of the molecule is CC(Sc1ncnc2scc(-c3ccccc3)c12)C(=O)OC1CCCCC1. The maximum absolute atomic E-state index is 12.6. The highest BCUT2D eigenvalue weighted by Gasteiger charge is 2.24. The minimum Gasteiger partial charge on any atom is -0.462 e. The maximum Gasteiger partial charge on any atom is 0.319 e. The smallest absolute Gasteiger partial charge is 0.319 e. The molecule has 0 bridgehead atoms. The van der Waals surface area contributed by atoms with E-state index in [1.807, 2.05) is 25.1 Å². The van der Waals surface area contributed by atoms with Crippen LogP contribution in [0.2, 0.25) is 0 Å². The van der Waals surface area contributed by atoms with Gasteiger partial charge in [0.1, 0.15) is 27.5 Å². The summed E-state index contributed by atoms with van der Waals surface area (Å²) in [6.45, 7) is 1.90. The number of fused-ring (bicyclic) bond motifs is 1. The normalized spacial score (nSPS) is 16.3. The highest BCUT2D eigenvalue weighted by atomic mass is 32.2. The molecular weight excluding hydrogens is 376 g/mol. The van der Waals surface area contributed by atoms with Gasteiger partial charge in [-0.3, -0.25) is 4.79 Å². The van der Waals surface area contributed by atoms with Crippen LogP contribution in [-0.4, -0.2) is 27.3 Å². The lowest BCUT2D eigenvalue weighted by molar-refractivity contribution is -0.149. The van der Waals surface area contributed by atoms with Crippen molar-refractivity contribution in [1.82, 2.24) is 9.97 Å². The number of hydrogen-bond donors (Lipinski definition) is 0. The second-order valence-corrected chi connectivity index (χ2v) is 9.02. The first kappa shape index (κ1) is 18.4. The van der Waals surface area contributed by atoms with E-state index < -0.39 is 0 Å². The van der Waals surface area contributed by atoms with E-state index in [9.17, 15) is 4.79 Å². The van der Waals surface area contributed by atoms with Gasteiger partial charge in [-0.1, -0.05) is 48.5 Å². The van der Waals surface area contributed by atoms with Crippen LogP contribution in [0.1, 0.15) is 39.0 Å². The van der Waals surface area contributed by atoms with Crippen molar-refractivity contribution < 1.29 is 9.53 Å². The van der Waals surface area contributed by atoms with Crippen LogP contribution in [-0.2, 0) is 9.53 Å². The van der Waals surface area contributed by atoms with Crippen LogP contribution in [0.5, 0.6) is 0 Å². The fraction of sp³-hybridized carbons (Fsp3) is 0.381. The molecular formula is C21H22N2O2S2. The van der Waals surface area contributed by atoms with Gasteiger partial charge in [-0.25, -0.2) is 9.97 Å². The summed E-state index contributed by atoms with van der Waals surface area (Å²) in [7, 11) is 0. The Morgan fingerprint density at radius 2 is 1.96 bits per heavy atom. The number of nitrogens with zero attached hydrogens (tertiary/aromatic N) is 2.